The lowest BCUT2D eigenvalue weighted by Crippen LogP contribution is -2.26. The van der Waals surface area contributed by atoms with Gasteiger partial charge in [0.25, 0.3) is 0 Å². The molecule has 0 saturated carbocycles. The molecule has 0 heterocycles. The Bertz CT molecular complexity index is 1230. The maximum absolute atomic E-state index is 12.1. The van der Waals surface area contributed by atoms with Gasteiger partial charge in [-0.25, -0.2) is 16.8 Å². The fraction of sp³-hybridized carbons (Fsp3) is 0.462. The second-order valence-corrected chi connectivity index (χ2v) is 13.7. The molecular weight excluding hydrogens is 540 g/mol. The van der Waals surface area contributed by atoms with Crippen LogP contribution >= 0.6 is 11.6 Å². The summed E-state index contributed by atoms with van der Waals surface area (Å²) in [6, 6.07) is 12.5. The second-order valence-electron chi connectivity index (χ2n) is 9.09. The first kappa shape index (κ1) is 32.6. The SMILES string of the molecule is CC(C)C(=O)OCCS(=O)(=O)c1ccc(Cl)cc1.Cc1ccc(S(=O)(=O)CC(C)OC(=O)C(C)C)cc1. The first-order chi connectivity index (χ1) is 17.0. The van der Waals surface area contributed by atoms with E-state index in [0.29, 0.717) is 5.02 Å². The molecule has 2 aromatic carbocycles. The standard InChI is InChI=1S/C14H20O4S.C12H15ClO4S/c1-10(2)14(15)18-12(4)9-19(16,17)13-7-5-11(3)6-8-13;1-9(2)12(14)17-7-8-18(15,16)11-5-3-10(13)4-6-11/h5-8,10,12H,9H2,1-4H3;3-6,9H,7-8H2,1-2H3. The first-order valence-electron chi connectivity index (χ1n) is 11.7. The lowest BCUT2D eigenvalue weighted by Gasteiger charge is -2.15. The fourth-order valence-electron chi connectivity index (χ4n) is 2.70. The number of aryl methyl sites for hydroxylation is 1. The summed E-state index contributed by atoms with van der Waals surface area (Å²) in [6.45, 7) is 10.1. The van der Waals surface area contributed by atoms with Crippen LogP contribution in [0.3, 0.4) is 0 Å². The molecule has 11 heteroatoms. The molecule has 0 spiro atoms. The van der Waals surface area contributed by atoms with Crippen LogP contribution in [0.25, 0.3) is 0 Å². The molecule has 0 bridgehead atoms. The van der Waals surface area contributed by atoms with Crippen molar-refractivity contribution in [3.05, 3.63) is 59.1 Å². The number of halogens is 1. The maximum atomic E-state index is 12.1. The maximum Gasteiger partial charge on any atom is 0.308 e. The summed E-state index contributed by atoms with van der Waals surface area (Å²) >= 11 is 5.68. The first-order valence-corrected chi connectivity index (χ1v) is 15.4. The van der Waals surface area contributed by atoms with Crippen molar-refractivity contribution in [2.75, 3.05) is 18.1 Å². The van der Waals surface area contributed by atoms with Gasteiger partial charge in [-0.3, -0.25) is 9.59 Å². The third-order valence-corrected chi connectivity index (χ3v) is 8.71. The molecule has 206 valence electrons. The van der Waals surface area contributed by atoms with E-state index in [-0.39, 0.29) is 45.7 Å². The summed E-state index contributed by atoms with van der Waals surface area (Å²) in [5, 5.41) is 0.472. The molecule has 0 amide bonds. The third kappa shape index (κ3) is 11.7. The van der Waals surface area contributed by atoms with E-state index in [1.165, 1.54) is 24.3 Å². The van der Waals surface area contributed by atoms with Gasteiger partial charge in [0.1, 0.15) is 12.7 Å². The Labute approximate surface area is 225 Å². The predicted molar refractivity (Wildman–Crippen MR) is 143 cm³/mol. The van der Waals surface area contributed by atoms with Crippen molar-refractivity contribution in [2.24, 2.45) is 11.8 Å². The number of carbonyl (C=O) groups excluding carboxylic acids is 2. The largest absolute Gasteiger partial charge is 0.464 e. The topological polar surface area (TPSA) is 121 Å². The van der Waals surface area contributed by atoms with Crippen LogP contribution < -0.4 is 0 Å². The van der Waals surface area contributed by atoms with Crippen LogP contribution in [-0.2, 0) is 38.7 Å². The Morgan fingerprint density at radius 1 is 0.757 bits per heavy atom. The molecule has 0 aromatic heterocycles. The normalized spacial score (nSPS) is 12.5. The number of carbonyl (C=O) groups is 2. The summed E-state index contributed by atoms with van der Waals surface area (Å²) in [7, 11) is -6.86. The number of ether oxygens (including phenoxy) is 2. The number of sulfone groups is 2. The molecule has 2 rings (SSSR count). The van der Waals surface area contributed by atoms with Crippen molar-refractivity contribution < 1.29 is 35.9 Å². The van der Waals surface area contributed by atoms with Crippen LogP contribution in [0, 0.1) is 18.8 Å². The lowest BCUT2D eigenvalue weighted by molar-refractivity contribution is -0.151. The summed E-state index contributed by atoms with van der Waals surface area (Å²) in [5.74, 6) is -1.73. The van der Waals surface area contributed by atoms with Gasteiger partial charge in [0.05, 0.1) is 33.1 Å². The van der Waals surface area contributed by atoms with Crippen LogP contribution in [0.1, 0.15) is 40.2 Å². The van der Waals surface area contributed by atoms with Gasteiger partial charge in [0.2, 0.25) is 0 Å². The number of rotatable bonds is 10. The van der Waals surface area contributed by atoms with E-state index < -0.39 is 31.7 Å². The average Bonchev–Trinajstić information content (AvgIpc) is 2.79. The minimum atomic E-state index is -3.43. The molecule has 37 heavy (non-hydrogen) atoms. The highest BCUT2D eigenvalue weighted by molar-refractivity contribution is 7.91. The van der Waals surface area contributed by atoms with Crippen LogP contribution in [0.4, 0.5) is 0 Å². The Balaban J connectivity index is 0.000000371. The Kier molecular flexibility index (Phi) is 12.8. The molecule has 1 atom stereocenters. The van der Waals surface area contributed by atoms with Crippen LogP contribution in [-0.4, -0.2) is 53.0 Å². The van der Waals surface area contributed by atoms with Crippen molar-refractivity contribution in [1.82, 2.24) is 0 Å². The van der Waals surface area contributed by atoms with Crippen molar-refractivity contribution in [3.8, 4) is 0 Å². The van der Waals surface area contributed by atoms with Crippen LogP contribution in [0.15, 0.2) is 58.3 Å². The van der Waals surface area contributed by atoms with Gasteiger partial charge in [0, 0.05) is 5.02 Å². The Hall–Kier alpha value is -2.43. The number of hydrogen-bond donors (Lipinski definition) is 0. The average molecular weight is 575 g/mol. The van der Waals surface area contributed by atoms with E-state index in [9.17, 15) is 26.4 Å². The molecule has 0 aliphatic heterocycles. The monoisotopic (exact) mass is 574 g/mol. The molecule has 0 fully saturated rings. The number of hydrogen-bond acceptors (Lipinski definition) is 8. The zero-order valence-corrected chi connectivity index (χ0v) is 24.3. The second kappa shape index (κ2) is 14.5. The van der Waals surface area contributed by atoms with E-state index in [1.54, 1.807) is 58.9 Å². The Morgan fingerprint density at radius 2 is 1.22 bits per heavy atom. The summed E-state index contributed by atoms with van der Waals surface area (Å²) < 4.78 is 57.9. The van der Waals surface area contributed by atoms with Crippen LogP contribution in [0.2, 0.25) is 5.02 Å². The van der Waals surface area contributed by atoms with Gasteiger partial charge >= 0.3 is 11.9 Å². The van der Waals surface area contributed by atoms with Gasteiger partial charge in [-0.2, -0.15) is 0 Å². The Morgan fingerprint density at radius 3 is 1.70 bits per heavy atom. The zero-order chi connectivity index (χ0) is 28.4. The van der Waals surface area contributed by atoms with Gasteiger partial charge in [-0.1, -0.05) is 57.0 Å². The third-order valence-electron chi connectivity index (χ3n) is 4.86. The van der Waals surface area contributed by atoms with Crippen molar-refractivity contribution >= 4 is 43.2 Å². The van der Waals surface area contributed by atoms with Crippen molar-refractivity contribution in [3.63, 3.8) is 0 Å². The molecule has 0 radical (unpaired) electrons. The van der Waals surface area contributed by atoms with Gasteiger partial charge in [-0.15, -0.1) is 0 Å². The van der Waals surface area contributed by atoms with Crippen molar-refractivity contribution in [2.45, 2.75) is 57.4 Å². The van der Waals surface area contributed by atoms with E-state index >= 15 is 0 Å². The molecule has 0 aliphatic carbocycles. The minimum absolute atomic E-state index is 0.137. The number of esters is 2. The highest BCUT2D eigenvalue weighted by atomic mass is 35.5. The van der Waals surface area contributed by atoms with Gasteiger partial charge in [0.15, 0.2) is 19.7 Å². The zero-order valence-electron chi connectivity index (χ0n) is 21.9. The summed E-state index contributed by atoms with van der Waals surface area (Å²) in [4.78, 5) is 23.0. The smallest absolute Gasteiger partial charge is 0.308 e. The van der Waals surface area contributed by atoms with E-state index in [0.717, 1.165) is 5.56 Å². The predicted octanol–water partition coefficient (Wildman–Crippen LogP) is 4.67. The molecular formula is C26H35ClO8S2. The quantitative estimate of drug-likeness (QED) is 0.375. The van der Waals surface area contributed by atoms with E-state index in [4.69, 9.17) is 21.1 Å². The fourth-order valence-corrected chi connectivity index (χ4v) is 5.34. The van der Waals surface area contributed by atoms with Gasteiger partial charge < -0.3 is 9.47 Å². The summed E-state index contributed by atoms with van der Waals surface area (Å²) in [6.07, 6.45) is -0.652. The molecule has 1 unspecified atom stereocenters. The van der Waals surface area contributed by atoms with Crippen molar-refractivity contribution in [1.29, 1.82) is 0 Å². The molecule has 8 nitrogen and oxygen atoms in total. The van der Waals surface area contributed by atoms with Crippen LogP contribution in [0.5, 0.6) is 0 Å². The highest BCUT2D eigenvalue weighted by Gasteiger charge is 2.22. The summed E-state index contributed by atoms with van der Waals surface area (Å²) in [5.41, 5.74) is 0.998. The highest BCUT2D eigenvalue weighted by Crippen LogP contribution is 2.16. The van der Waals surface area contributed by atoms with Gasteiger partial charge in [-0.05, 0) is 50.2 Å². The lowest BCUT2D eigenvalue weighted by atomic mass is 10.2. The van der Waals surface area contributed by atoms with E-state index in [2.05, 4.69) is 0 Å². The minimum Gasteiger partial charge on any atom is -0.464 e. The number of benzene rings is 2. The molecule has 0 N–H and O–H groups in total. The molecule has 0 aliphatic rings. The van der Waals surface area contributed by atoms with E-state index in [1.807, 2.05) is 6.92 Å². The molecule has 2 aromatic rings. The molecule has 0 saturated heterocycles.